The second-order valence-electron chi connectivity index (χ2n) is 10.8. The van der Waals surface area contributed by atoms with Gasteiger partial charge in [-0.15, -0.1) is 0 Å². The first-order valence-electron chi connectivity index (χ1n) is 12.7. The number of rotatable bonds is 8. The van der Waals surface area contributed by atoms with E-state index in [1.807, 2.05) is 12.1 Å². The van der Waals surface area contributed by atoms with E-state index in [1.165, 1.54) is 60.4 Å². The Morgan fingerprint density at radius 1 is 0.794 bits per heavy atom. The van der Waals surface area contributed by atoms with Gasteiger partial charge in [-0.3, -0.25) is 0 Å². The van der Waals surface area contributed by atoms with Crippen LogP contribution < -0.4 is 4.74 Å². The summed E-state index contributed by atoms with van der Waals surface area (Å²) in [4.78, 5) is 0. The third-order valence-corrected chi connectivity index (χ3v) is 8.48. The highest BCUT2D eigenvalue weighted by Crippen LogP contribution is 2.62. The van der Waals surface area contributed by atoms with E-state index in [1.54, 1.807) is 19.2 Å². The maximum Gasteiger partial charge on any atom is 0.189 e. The number of aromatic hydroxyl groups is 1. The zero-order valence-electron chi connectivity index (χ0n) is 20.0. The van der Waals surface area contributed by atoms with Crippen molar-refractivity contribution in [2.75, 3.05) is 27.1 Å². The summed E-state index contributed by atoms with van der Waals surface area (Å²) in [6.07, 6.45) is 8.16. The summed E-state index contributed by atoms with van der Waals surface area (Å²) < 4.78 is 17.1. The van der Waals surface area contributed by atoms with Gasteiger partial charge in [-0.25, -0.2) is 0 Å². The first kappa shape index (κ1) is 21.9. The molecule has 7 rings (SSSR count). The first-order chi connectivity index (χ1) is 16.6. The lowest BCUT2D eigenvalue weighted by molar-refractivity contribution is -0.0188. The standard InChI is InChI=1S/C30H34O4/c1-32-8-9-33-19-34-29-15-25-3-2-24(23-4-6-27(31)7-5-23)13-26(25)14-28(29)30-16-20-10-21(17-30)12-22(11-20)18-30/h2-7,13-15,20-22,31H,8-12,16-19H2,1H3. The van der Waals surface area contributed by atoms with E-state index in [0.717, 1.165) is 29.1 Å². The molecule has 3 aromatic carbocycles. The highest BCUT2D eigenvalue weighted by atomic mass is 16.7. The van der Waals surface area contributed by atoms with Crippen LogP contribution in [0.2, 0.25) is 0 Å². The largest absolute Gasteiger partial charge is 0.508 e. The van der Waals surface area contributed by atoms with Crippen LogP contribution in [0.15, 0.2) is 54.6 Å². The molecule has 4 saturated carbocycles. The van der Waals surface area contributed by atoms with E-state index in [0.29, 0.717) is 19.0 Å². The van der Waals surface area contributed by atoms with E-state index in [4.69, 9.17) is 14.2 Å². The number of hydrogen-bond acceptors (Lipinski definition) is 4. The van der Waals surface area contributed by atoms with Crippen molar-refractivity contribution >= 4 is 10.8 Å². The van der Waals surface area contributed by atoms with Crippen LogP contribution in [-0.4, -0.2) is 32.2 Å². The van der Waals surface area contributed by atoms with E-state index in [-0.39, 0.29) is 12.2 Å². The van der Waals surface area contributed by atoms with Gasteiger partial charge >= 0.3 is 0 Å². The van der Waals surface area contributed by atoms with Gasteiger partial charge in [0.25, 0.3) is 0 Å². The van der Waals surface area contributed by atoms with Crippen LogP contribution in [-0.2, 0) is 14.9 Å². The smallest absolute Gasteiger partial charge is 0.189 e. The Hall–Kier alpha value is -2.56. The molecule has 0 atom stereocenters. The maximum absolute atomic E-state index is 9.68. The zero-order valence-corrected chi connectivity index (χ0v) is 20.0. The highest BCUT2D eigenvalue weighted by molar-refractivity contribution is 5.89. The number of hydrogen-bond donors (Lipinski definition) is 1. The number of phenolic OH excluding ortho intramolecular Hbond substituents is 1. The van der Waals surface area contributed by atoms with Crippen molar-refractivity contribution in [1.29, 1.82) is 0 Å². The molecule has 4 aliphatic rings. The van der Waals surface area contributed by atoms with Crippen molar-refractivity contribution < 1.29 is 19.3 Å². The van der Waals surface area contributed by atoms with Gasteiger partial charge in [0.2, 0.25) is 0 Å². The fourth-order valence-corrected chi connectivity index (χ4v) is 7.39. The van der Waals surface area contributed by atoms with Gasteiger partial charge in [-0.2, -0.15) is 0 Å². The van der Waals surface area contributed by atoms with Crippen LogP contribution in [0.5, 0.6) is 11.5 Å². The molecule has 4 bridgehead atoms. The molecule has 0 radical (unpaired) electrons. The van der Waals surface area contributed by atoms with Crippen molar-refractivity contribution in [3.05, 3.63) is 60.2 Å². The second-order valence-corrected chi connectivity index (χ2v) is 10.8. The maximum atomic E-state index is 9.68. The second kappa shape index (κ2) is 8.90. The summed E-state index contributed by atoms with van der Waals surface area (Å²) in [6, 6.07) is 18.7. The quantitative estimate of drug-likeness (QED) is 0.302. The minimum absolute atomic E-state index is 0.235. The Kier molecular flexibility index (Phi) is 5.74. The number of methoxy groups -OCH3 is 1. The Labute approximate surface area is 201 Å². The van der Waals surface area contributed by atoms with Crippen molar-refractivity contribution in [3.63, 3.8) is 0 Å². The molecule has 4 aliphatic carbocycles. The molecule has 0 aliphatic heterocycles. The molecule has 0 aromatic heterocycles. The summed E-state index contributed by atoms with van der Waals surface area (Å²) in [5, 5.41) is 12.1. The van der Waals surface area contributed by atoms with E-state index >= 15 is 0 Å². The van der Waals surface area contributed by atoms with Crippen LogP contribution in [0.3, 0.4) is 0 Å². The lowest BCUT2D eigenvalue weighted by Gasteiger charge is -2.57. The Morgan fingerprint density at radius 2 is 1.47 bits per heavy atom. The average molecular weight is 459 g/mol. The number of phenols is 1. The van der Waals surface area contributed by atoms with E-state index in [2.05, 4.69) is 30.3 Å². The third kappa shape index (κ3) is 4.08. The Morgan fingerprint density at radius 3 is 2.15 bits per heavy atom. The Bertz CT molecular complexity index is 1130. The van der Waals surface area contributed by atoms with E-state index < -0.39 is 0 Å². The topological polar surface area (TPSA) is 47.9 Å². The molecule has 0 amide bonds. The zero-order chi connectivity index (χ0) is 23.1. The van der Waals surface area contributed by atoms with Crippen molar-refractivity contribution in [1.82, 2.24) is 0 Å². The molecule has 0 unspecified atom stereocenters. The van der Waals surface area contributed by atoms with Crippen LogP contribution in [0.4, 0.5) is 0 Å². The fraction of sp³-hybridized carbons (Fsp3) is 0.467. The van der Waals surface area contributed by atoms with Crippen LogP contribution >= 0.6 is 0 Å². The minimum atomic E-state index is 0.235. The molecule has 0 spiro atoms. The lowest BCUT2D eigenvalue weighted by atomic mass is 9.48. The Balaban J connectivity index is 1.39. The fourth-order valence-electron chi connectivity index (χ4n) is 7.39. The molecule has 4 heteroatoms. The number of fused-ring (bicyclic) bond motifs is 1. The van der Waals surface area contributed by atoms with Crippen molar-refractivity contribution in [2.24, 2.45) is 17.8 Å². The molecule has 1 N–H and O–H groups in total. The molecule has 0 saturated heterocycles. The summed E-state index contributed by atoms with van der Waals surface area (Å²) in [5.74, 6) is 3.90. The molecule has 4 fully saturated rings. The van der Waals surface area contributed by atoms with Gasteiger partial charge in [0, 0.05) is 12.7 Å². The lowest BCUT2D eigenvalue weighted by Crippen LogP contribution is -2.48. The summed E-state index contributed by atoms with van der Waals surface area (Å²) in [7, 11) is 1.69. The third-order valence-electron chi connectivity index (χ3n) is 8.48. The normalized spacial score (nSPS) is 27.4. The predicted molar refractivity (Wildman–Crippen MR) is 134 cm³/mol. The summed E-state index contributed by atoms with van der Waals surface area (Å²) in [6.45, 7) is 1.36. The average Bonchev–Trinajstić information content (AvgIpc) is 2.83. The summed E-state index contributed by atoms with van der Waals surface area (Å²) in [5.41, 5.74) is 3.90. The van der Waals surface area contributed by atoms with Gasteiger partial charge in [0.05, 0.1) is 13.2 Å². The van der Waals surface area contributed by atoms with Gasteiger partial charge in [-0.1, -0.05) is 24.3 Å². The highest BCUT2D eigenvalue weighted by Gasteiger charge is 2.52. The predicted octanol–water partition coefficient (Wildman–Crippen LogP) is 6.68. The van der Waals surface area contributed by atoms with Crippen molar-refractivity contribution in [2.45, 2.75) is 43.9 Å². The van der Waals surface area contributed by atoms with Gasteiger partial charge in [-0.05, 0) is 114 Å². The van der Waals surface area contributed by atoms with E-state index in [9.17, 15) is 5.11 Å². The molecular formula is C30H34O4. The number of ether oxygens (including phenoxy) is 3. The minimum Gasteiger partial charge on any atom is -0.508 e. The first-order valence-corrected chi connectivity index (χ1v) is 12.7. The molecule has 34 heavy (non-hydrogen) atoms. The molecular weight excluding hydrogens is 424 g/mol. The molecule has 178 valence electrons. The van der Waals surface area contributed by atoms with Gasteiger partial charge in [0.1, 0.15) is 11.5 Å². The monoisotopic (exact) mass is 458 g/mol. The summed E-state index contributed by atoms with van der Waals surface area (Å²) >= 11 is 0. The number of benzene rings is 3. The molecule has 0 heterocycles. The molecule has 4 nitrogen and oxygen atoms in total. The SMILES string of the molecule is COCCOCOc1cc2ccc(-c3ccc(O)cc3)cc2cc1C12CC3CC(CC(C3)C1)C2. The van der Waals surface area contributed by atoms with Crippen LogP contribution in [0, 0.1) is 17.8 Å². The van der Waals surface area contributed by atoms with Gasteiger partial charge < -0.3 is 19.3 Å². The van der Waals surface area contributed by atoms with Gasteiger partial charge in [0.15, 0.2) is 6.79 Å². The van der Waals surface area contributed by atoms with Crippen molar-refractivity contribution in [3.8, 4) is 22.6 Å². The van der Waals surface area contributed by atoms with Crippen LogP contribution in [0.1, 0.15) is 44.1 Å². The molecule has 3 aromatic rings. The van der Waals surface area contributed by atoms with Crippen LogP contribution in [0.25, 0.3) is 21.9 Å².